The number of hydrogen-bond acceptors (Lipinski definition) is 2. The van der Waals surface area contributed by atoms with Crippen LogP contribution in [0.1, 0.15) is 16.7 Å². The third kappa shape index (κ3) is 2.21. The Morgan fingerprint density at radius 2 is 2.27 bits per heavy atom. The molecule has 0 aliphatic heterocycles. The number of ether oxygens (including phenoxy) is 1. The Morgan fingerprint density at radius 3 is 2.73 bits per heavy atom. The lowest BCUT2D eigenvalue weighted by molar-refractivity contribution is -0.107. The maximum Gasteiger partial charge on any atom is 0.130 e. The summed E-state index contributed by atoms with van der Waals surface area (Å²) in [5.74, 6) is 0.680. The number of carbonyl (C=O) groups excluding carboxylic acids is 1. The third-order valence-corrected chi connectivity index (χ3v) is 2.70. The molecule has 3 heteroatoms. The van der Waals surface area contributed by atoms with Crippen molar-refractivity contribution in [3.05, 3.63) is 34.4 Å². The van der Waals surface area contributed by atoms with Gasteiger partial charge in [0.05, 0.1) is 7.11 Å². The first-order valence-corrected chi connectivity index (χ1v) is 4.95. The Labute approximate surface area is 94.5 Å². The minimum absolute atomic E-state index is 0.296. The second kappa shape index (κ2) is 4.99. The maximum absolute atomic E-state index is 10.5. The maximum atomic E-state index is 10.5. The number of benzene rings is 1. The van der Waals surface area contributed by atoms with Crippen molar-refractivity contribution in [3.63, 3.8) is 0 Å². The van der Waals surface area contributed by atoms with E-state index in [4.69, 9.17) is 16.3 Å². The molecule has 0 aliphatic carbocycles. The molecule has 0 aromatic heterocycles. The van der Waals surface area contributed by atoms with Crippen LogP contribution in [0.4, 0.5) is 0 Å². The van der Waals surface area contributed by atoms with E-state index in [1.807, 2.05) is 6.92 Å². The summed E-state index contributed by atoms with van der Waals surface area (Å²) < 4.78 is 5.27. The van der Waals surface area contributed by atoms with Crippen molar-refractivity contribution in [3.8, 4) is 5.75 Å². The molecule has 1 aromatic rings. The molecule has 0 amide bonds. The normalized spacial score (nSPS) is 9.80. The summed E-state index contributed by atoms with van der Waals surface area (Å²) >= 11 is 6.04. The van der Waals surface area contributed by atoms with Crippen molar-refractivity contribution < 1.29 is 9.53 Å². The molecule has 0 N–H and O–H groups in total. The Hall–Kier alpha value is -1.28. The summed E-state index contributed by atoms with van der Waals surface area (Å²) in [5.41, 5.74) is 2.55. The summed E-state index contributed by atoms with van der Waals surface area (Å²) in [6.07, 6.45) is 2.81. The summed E-state index contributed by atoms with van der Waals surface area (Å²) in [6, 6.07) is 1.76. The molecule has 0 saturated heterocycles. The topological polar surface area (TPSA) is 26.3 Å². The number of methoxy groups -OCH3 is 1. The van der Waals surface area contributed by atoms with E-state index in [0.717, 1.165) is 23.0 Å². The molecule has 0 unspecified atom stereocenters. The molecule has 0 bridgehead atoms. The van der Waals surface area contributed by atoms with Gasteiger partial charge in [-0.05, 0) is 18.6 Å². The first kappa shape index (κ1) is 11.8. The predicted octanol–water partition coefficient (Wildman–Crippen LogP) is 3.04. The van der Waals surface area contributed by atoms with Gasteiger partial charge in [0.1, 0.15) is 12.0 Å². The van der Waals surface area contributed by atoms with Crippen LogP contribution in [-0.2, 0) is 11.2 Å². The molecular weight excluding hydrogens is 212 g/mol. The lowest BCUT2D eigenvalue weighted by atomic mass is 10.0. The average Bonchev–Trinajstić information content (AvgIpc) is 2.23. The first-order valence-electron chi connectivity index (χ1n) is 4.57. The fourth-order valence-electron chi connectivity index (χ4n) is 1.53. The van der Waals surface area contributed by atoms with Crippen LogP contribution in [0.5, 0.6) is 5.75 Å². The molecule has 0 atom stereocenters. The highest BCUT2D eigenvalue weighted by Gasteiger charge is 2.12. The average molecular weight is 225 g/mol. The molecule has 0 fully saturated rings. The third-order valence-electron chi connectivity index (χ3n) is 2.31. The zero-order valence-corrected chi connectivity index (χ0v) is 9.60. The van der Waals surface area contributed by atoms with Crippen molar-refractivity contribution in [2.75, 3.05) is 7.11 Å². The second-order valence-electron chi connectivity index (χ2n) is 3.16. The fourth-order valence-corrected chi connectivity index (χ4v) is 1.76. The van der Waals surface area contributed by atoms with Crippen LogP contribution in [0.25, 0.3) is 6.08 Å². The molecule has 0 spiro atoms. The minimum Gasteiger partial charge on any atom is -0.496 e. The van der Waals surface area contributed by atoms with Gasteiger partial charge < -0.3 is 9.53 Å². The van der Waals surface area contributed by atoms with Crippen molar-refractivity contribution >= 4 is 24.0 Å². The zero-order chi connectivity index (χ0) is 11.4. The Balaban J connectivity index is 3.46. The van der Waals surface area contributed by atoms with E-state index < -0.39 is 0 Å². The van der Waals surface area contributed by atoms with E-state index in [9.17, 15) is 4.79 Å². The van der Waals surface area contributed by atoms with E-state index in [0.29, 0.717) is 17.2 Å². The van der Waals surface area contributed by atoms with Crippen molar-refractivity contribution in [1.82, 2.24) is 0 Å². The summed E-state index contributed by atoms with van der Waals surface area (Å²) in [5, 5.41) is 0.627. The van der Waals surface area contributed by atoms with E-state index >= 15 is 0 Å². The van der Waals surface area contributed by atoms with Crippen molar-refractivity contribution in [2.24, 2.45) is 0 Å². The van der Waals surface area contributed by atoms with Crippen molar-refractivity contribution in [1.29, 1.82) is 0 Å². The van der Waals surface area contributed by atoms with Crippen LogP contribution in [-0.4, -0.2) is 13.4 Å². The molecule has 0 heterocycles. The number of halogens is 1. The predicted molar refractivity (Wildman–Crippen MR) is 62.6 cm³/mol. The van der Waals surface area contributed by atoms with Gasteiger partial charge >= 0.3 is 0 Å². The molecule has 0 saturated carbocycles. The lowest BCUT2D eigenvalue weighted by Gasteiger charge is -2.13. The molecule has 1 aromatic carbocycles. The Kier molecular flexibility index (Phi) is 3.92. The van der Waals surface area contributed by atoms with Gasteiger partial charge in [-0.25, -0.2) is 0 Å². The minimum atomic E-state index is 0.296. The highest BCUT2D eigenvalue weighted by atomic mass is 35.5. The van der Waals surface area contributed by atoms with E-state index in [2.05, 4.69) is 6.58 Å². The van der Waals surface area contributed by atoms with Crippen LogP contribution in [0.3, 0.4) is 0 Å². The summed E-state index contributed by atoms with van der Waals surface area (Å²) in [6.45, 7) is 5.61. The van der Waals surface area contributed by atoms with Gasteiger partial charge in [0.25, 0.3) is 0 Å². The molecule has 0 aliphatic rings. The first-order chi connectivity index (χ1) is 7.15. The Bertz CT molecular complexity index is 397. The molecule has 1 rings (SSSR count). The fraction of sp³-hybridized carbons (Fsp3) is 0.250. The number of aldehydes is 1. The highest BCUT2D eigenvalue weighted by molar-refractivity contribution is 6.31. The lowest BCUT2D eigenvalue weighted by Crippen LogP contribution is -1.98. The van der Waals surface area contributed by atoms with E-state index in [1.54, 1.807) is 19.3 Å². The van der Waals surface area contributed by atoms with E-state index in [1.165, 1.54) is 0 Å². The van der Waals surface area contributed by atoms with E-state index in [-0.39, 0.29) is 0 Å². The van der Waals surface area contributed by atoms with Gasteiger partial charge in [0.2, 0.25) is 0 Å². The number of rotatable bonds is 4. The van der Waals surface area contributed by atoms with Gasteiger partial charge in [0.15, 0.2) is 0 Å². The van der Waals surface area contributed by atoms with Crippen molar-refractivity contribution in [2.45, 2.75) is 13.3 Å². The smallest absolute Gasteiger partial charge is 0.130 e. The van der Waals surface area contributed by atoms with Gasteiger partial charge in [0, 0.05) is 22.6 Å². The van der Waals surface area contributed by atoms with Gasteiger partial charge in [-0.1, -0.05) is 24.3 Å². The molecule has 15 heavy (non-hydrogen) atoms. The molecule has 0 radical (unpaired) electrons. The second-order valence-corrected chi connectivity index (χ2v) is 3.57. The largest absolute Gasteiger partial charge is 0.496 e. The van der Waals surface area contributed by atoms with Crippen LogP contribution in [0.15, 0.2) is 12.6 Å². The zero-order valence-electron chi connectivity index (χ0n) is 8.84. The monoisotopic (exact) mass is 224 g/mol. The summed E-state index contributed by atoms with van der Waals surface area (Å²) in [7, 11) is 1.57. The highest BCUT2D eigenvalue weighted by Crippen LogP contribution is 2.33. The van der Waals surface area contributed by atoms with Gasteiger partial charge in [-0.15, -0.1) is 0 Å². The van der Waals surface area contributed by atoms with Crippen LogP contribution >= 0.6 is 11.6 Å². The molecule has 80 valence electrons. The van der Waals surface area contributed by atoms with Gasteiger partial charge in [-0.2, -0.15) is 0 Å². The molecule has 2 nitrogen and oxygen atoms in total. The van der Waals surface area contributed by atoms with Crippen LogP contribution in [0, 0.1) is 6.92 Å². The van der Waals surface area contributed by atoms with Gasteiger partial charge in [-0.3, -0.25) is 0 Å². The summed E-state index contributed by atoms with van der Waals surface area (Å²) in [4.78, 5) is 10.5. The standard InChI is InChI=1S/C12H13ClO2/c1-4-10-8(2)11(13)7-9(5-6-14)12(10)15-3/h4,6-7H,1,5H2,2-3H3. The van der Waals surface area contributed by atoms with Crippen LogP contribution in [0.2, 0.25) is 5.02 Å². The number of hydrogen-bond donors (Lipinski definition) is 0. The Morgan fingerprint density at radius 1 is 1.60 bits per heavy atom. The number of carbonyl (C=O) groups is 1. The SMILES string of the molecule is C=Cc1c(C)c(Cl)cc(CC=O)c1OC. The molecular formula is C12H13ClO2. The quantitative estimate of drug-likeness (QED) is 0.735. The van der Waals surface area contributed by atoms with Crippen LogP contribution < -0.4 is 4.74 Å².